The van der Waals surface area contributed by atoms with E-state index in [2.05, 4.69) is 5.32 Å². The third-order valence-corrected chi connectivity index (χ3v) is 3.43. The van der Waals surface area contributed by atoms with Gasteiger partial charge in [-0.1, -0.05) is 0 Å². The fourth-order valence-corrected chi connectivity index (χ4v) is 2.17. The van der Waals surface area contributed by atoms with Crippen LogP contribution in [0.3, 0.4) is 0 Å². The zero-order valence-electron chi connectivity index (χ0n) is 10.7. The van der Waals surface area contributed by atoms with Crippen molar-refractivity contribution < 1.29 is 28.5 Å². The quantitative estimate of drug-likeness (QED) is 0.784. The second-order valence-electron chi connectivity index (χ2n) is 4.80. The van der Waals surface area contributed by atoms with Crippen LogP contribution < -0.4 is 5.32 Å². The molecule has 0 radical (unpaired) electrons. The van der Waals surface area contributed by atoms with Crippen LogP contribution in [0.1, 0.15) is 23.2 Å². The number of hydrogen-bond donors (Lipinski definition) is 3. The molecule has 1 aliphatic heterocycles. The van der Waals surface area contributed by atoms with Crippen LogP contribution in [0.25, 0.3) is 0 Å². The lowest BCUT2D eigenvalue weighted by atomic mass is 9.90. The summed E-state index contributed by atoms with van der Waals surface area (Å²) in [4.78, 5) is 10.7. The van der Waals surface area contributed by atoms with Crippen LogP contribution in [0, 0.1) is 11.6 Å². The van der Waals surface area contributed by atoms with Gasteiger partial charge in [0.15, 0.2) is 0 Å². The third-order valence-electron chi connectivity index (χ3n) is 3.43. The molecule has 0 amide bonds. The molecule has 1 heterocycles. The number of aliphatic hydroxyl groups excluding tert-OH is 1. The first kappa shape index (κ1) is 14.7. The Balaban J connectivity index is 2.30. The molecule has 2 rings (SSSR count). The minimum Gasteiger partial charge on any atom is -0.478 e. The molecule has 5 nitrogen and oxygen atoms in total. The van der Waals surface area contributed by atoms with E-state index in [1.807, 2.05) is 0 Å². The van der Waals surface area contributed by atoms with E-state index in [0.29, 0.717) is 26.1 Å². The van der Waals surface area contributed by atoms with E-state index >= 15 is 0 Å². The number of aromatic carboxylic acids is 1. The van der Waals surface area contributed by atoms with Gasteiger partial charge in [0, 0.05) is 13.2 Å². The number of hydrogen-bond acceptors (Lipinski definition) is 4. The van der Waals surface area contributed by atoms with Crippen molar-refractivity contribution in [1.29, 1.82) is 0 Å². The summed E-state index contributed by atoms with van der Waals surface area (Å²) < 4.78 is 32.9. The maximum Gasteiger partial charge on any atom is 0.335 e. The third kappa shape index (κ3) is 2.88. The number of anilines is 1. The first-order chi connectivity index (χ1) is 9.47. The highest BCUT2D eigenvalue weighted by Crippen LogP contribution is 2.29. The van der Waals surface area contributed by atoms with Crippen molar-refractivity contribution in [2.45, 2.75) is 18.4 Å². The Morgan fingerprint density at radius 3 is 2.30 bits per heavy atom. The highest BCUT2D eigenvalue weighted by atomic mass is 19.1. The number of rotatable bonds is 4. The second-order valence-corrected chi connectivity index (χ2v) is 4.80. The molecule has 0 spiro atoms. The average Bonchev–Trinajstić information content (AvgIpc) is 2.43. The largest absolute Gasteiger partial charge is 0.478 e. The molecule has 1 saturated heterocycles. The Labute approximate surface area is 114 Å². The Morgan fingerprint density at radius 1 is 1.30 bits per heavy atom. The highest BCUT2D eigenvalue weighted by Gasteiger charge is 2.33. The zero-order valence-corrected chi connectivity index (χ0v) is 10.7. The lowest BCUT2D eigenvalue weighted by molar-refractivity contribution is 0.0377. The summed E-state index contributed by atoms with van der Waals surface area (Å²) in [6.45, 7) is 0.462. The maximum atomic E-state index is 13.9. The molecule has 0 atom stereocenters. The standard InChI is InChI=1S/C13H15F2NO4/c14-9-5-8(12(18)19)6-10(15)11(9)16-13(7-17)1-3-20-4-2-13/h5-6,16-17H,1-4,7H2,(H,18,19). The molecule has 7 heteroatoms. The van der Waals surface area contributed by atoms with Crippen LogP contribution in [-0.4, -0.2) is 41.5 Å². The van der Waals surface area contributed by atoms with Crippen LogP contribution in [0.2, 0.25) is 0 Å². The summed E-state index contributed by atoms with van der Waals surface area (Å²) in [5.74, 6) is -3.40. The van der Waals surface area contributed by atoms with Crippen LogP contribution >= 0.6 is 0 Å². The number of aliphatic hydroxyl groups is 1. The van der Waals surface area contributed by atoms with Crippen molar-refractivity contribution in [3.63, 3.8) is 0 Å². The van der Waals surface area contributed by atoms with Gasteiger partial charge in [-0.05, 0) is 25.0 Å². The van der Waals surface area contributed by atoms with Crippen molar-refractivity contribution in [3.05, 3.63) is 29.3 Å². The van der Waals surface area contributed by atoms with Crippen molar-refractivity contribution in [1.82, 2.24) is 0 Å². The fraction of sp³-hybridized carbons (Fsp3) is 0.462. The lowest BCUT2D eigenvalue weighted by Gasteiger charge is -2.37. The summed E-state index contributed by atoms with van der Waals surface area (Å²) in [5.41, 5.74) is -1.74. The summed E-state index contributed by atoms with van der Waals surface area (Å²) in [7, 11) is 0. The van der Waals surface area contributed by atoms with E-state index in [1.165, 1.54) is 0 Å². The van der Waals surface area contributed by atoms with Gasteiger partial charge in [-0.3, -0.25) is 0 Å². The number of benzene rings is 1. The SMILES string of the molecule is O=C(O)c1cc(F)c(NC2(CO)CCOCC2)c(F)c1. The van der Waals surface area contributed by atoms with Crippen molar-refractivity contribution in [2.24, 2.45) is 0 Å². The number of nitrogens with one attached hydrogen (secondary N) is 1. The van der Waals surface area contributed by atoms with Crippen molar-refractivity contribution in [2.75, 3.05) is 25.1 Å². The molecule has 1 fully saturated rings. The van der Waals surface area contributed by atoms with E-state index in [4.69, 9.17) is 9.84 Å². The van der Waals surface area contributed by atoms with Gasteiger partial charge in [0.05, 0.1) is 17.7 Å². The Kier molecular flexibility index (Phi) is 4.20. The minimum atomic E-state index is -1.41. The van der Waals surface area contributed by atoms with Crippen molar-refractivity contribution in [3.8, 4) is 0 Å². The molecule has 0 saturated carbocycles. The molecular formula is C13H15F2NO4. The highest BCUT2D eigenvalue weighted by molar-refractivity contribution is 5.88. The molecule has 3 N–H and O–H groups in total. The maximum absolute atomic E-state index is 13.9. The molecule has 1 aromatic rings. The van der Waals surface area contributed by atoms with Gasteiger partial charge in [0.25, 0.3) is 0 Å². The van der Waals surface area contributed by atoms with E-state index in [9.17, 15) is 18.7 Å². The fourth-order valence-electron chi connectivity index (χ4n) is 2.17. The van der Waals surface area contributed by atoms with E-state index in [0.717, 1.165) is 12.1 Å². The normalized spacial score (nSPS) is 17.8. The smallest absolute Gasteiger partial charge is 0.335 e. The number of ether oxygens (including phenoxy) is 1. The molecule has 20 heavy (non-hydrogen) atoms. The first-order valence-electron chi connectivity index (χ1n) is 6.16. The predicted molar refractivity (Wildman–Crippen MR) is 66.8 cm³/mol. The summed E-state index contributed by atoms with van der Waals surface area (Å²) in [6.07, 6.45) is 0.812. The van der Waals surface area contributed by atoms with Gasteiger partial charge in [0.1, 0.15) is 17.3 Å². The van der Waals surface area contributed by atoms with Gasteiger partial charge in [-0.25, -0.2) is 13.6 Å². The summed E-state index contributed by atoms with van der Waals surface area (Å²) >= 11 is 0. The molecular weight excluding hydrogens is 272 g/mol. The molecule has 1 aliphatic rings. The van der Waals surface area contributed by atoms with Crippen LogP contribution in [0.4, 0.5) is 14.5 Å². The summed E-state index contributed by atoms with van der Waals surface area (Å²) in [5, 5.41) is 20.9. The topological polar surface area (TPSA) is 78.8 Å². The average molecular weight is 287 g/mol. The molecule has 0 aromatic heterocycles. The Morgan fingerprint density at radius 2 is 1.85 bits per heavy atom. The Hall–Kier alpha value is -1.73. The molecule has 0 aliphatic carbocycles. The second kappa shape index (κ2) is 5.72. The van der Waals surface area contributed by atoms with Crippen LogP contribution in [0.15, 0.2) is 12.1 Å². The lowest BCUT2D eigenvalue weighted by Crippen LogP contribution is -2.47. The molecule has 110 valence electrons. The van der Waals surface area contributed by atoms with E-state index < -0.39 is 34.4 Å². The zero-order chi connectivity index (χ0) is 14.8. The molecule has 0 unspecified atom stereocenters. The number of halogens is 2. The summed E-state index contributed by atoms with van der Waals surface area (Å²) in [6, 6.07) is 1.50. The number of carboxylic acid groups (broad SMARTS) is 1. The number of carbonyl (C=O) groups is 1. The number of carboxylic acids is 1. The van der Waals surface area contributed by atoms with Gasteiger partial charge in [-0.2, -0.15) is 0 Å². The van der Waals surface area contributed by atoms with Crippen LogP contribution in [-0.2, 0) is 4.74 Å². The van der Waals surface area contributed by atoms with Gasteiger partial charge in [0.2, 0.25) is 0 Å². The van der Waals surface area contributed by atoms with Crippen LogP contribution in [0.5, 0.6) is 0 Å². The molecule has 1 aromatic carbocycles. The molecule has 0 bridgehead atoms. The minimum absolute atomic E-state index is 0.296. The van der Waals surface area contributed by atoms with E-state index in [1.54, 1.807) is 0 Å². The monoisotopic (exact) mass is 287 g/mol. The predicted octanol–water partition coefficient (Wildman–Crippen LogP) is 1.62. The van der Waals surface area contributed by atoms with Gasteiger partial charge < -0.3 is 20.3 Å². The first-order valence-corrected chi connectivity index (χ1v) is 6.16. The van der Waals surface area contributed by atoms with Gasteiger partial charge >= 0.3 is 5.97 Å². The van der Waals surface area contributed by atoms with E-state index in [-0.39, 0.29) is 6.61 Å². The Bertz CT molecular complexity index is 492. The van der Waals surface area contributed by atoms with Crippen molar-refractivity contribution >= 4 is 11.7 Å². The van der Waals surface area contributed by atoms with Gasteiger partial charge in [-0.15, -0.1) is 0 Å².